The van der Waals surface area contributed by atoms with Crippen LogP contribution in [0.4, 0.5) is 0 Å². The van der Waals surface area contributed by atoms with Gasteiger partial charge in [0.1, 0.15) is 0 Å². The minimum atomic E-state index is -0.394. The molecule has 2 rings (SSSR count). The van der Waals surface area contributed by atoms with E-state index in [2.05, 4.69) is 5.32 Å². The van der Waals surface area contributed by atoms with Crippen molar-refractivity contribution in [1.29, 1.82) is 0 Å². The number of nitrogens with one attached hydrogen (secondary N) is 1. The second-order valence-electron chi connectivity index (χ2n) is 4.69. The predicted molar refractivity (Wildman–Crippen MR) is 67.4 cm³/mol. The van der Waals surface area contributed by atoms with Crippen LogP contribution in [0.3, 0.4) is 0 Å². The standard InChI is InChI=1S/C13H18N2O4/c16-9-10-3-1-5-15(8-10)12(17)7-14-13(18)11-4-2-6-19-11/h2,4,6,10,16H,1,3,5,7-9H2,(H,14,18). The lowest BCUT2D eigenvalue weighted by molar-refractivity contribution is -0.132. The largest absolute Gasteiger partial charge is 0.459 e. The van der Waals surface area contributed by atoms with E-state index in [0.29, 0.717) is 13.1 Å². The molecule has 0 aliphatic carbocycles. The van der Waals surface area contributed by atoms with Crippen LogP contribution in [-0.2, 0) is 4.79 Å². The zero-order chi connectivity index (χ0) is 13.7. The summed E-state index contributed by atoms with van der Waals surface area (Å²) in [6.07, 6.45) is 3.25. The number of nitrogens with zero attached hydrogens (tertiary/aromatic N) is 1. The van der Waals surface area contributed by atoms with Gasteiger partial charge in [-0.3, -0.25) is 9.59 Å². The van der Waals surface area contributed by atoms with Gasteiger partial charge in [0.15, 0.2) is 5.76 Å². The number of hydrogen-bond donors (Lipinski definition) is 2. The Morgan fingerprint density at radius 1 is 1.53 bits per heavy atom. The molecule has 1 fully saturated rings. The van der Waals surface area contributed by atoms with Crippen molar-refractivity contribution in [3.8, 4) is 0 Å². The van der Waals surface area contributed by atoms with Crippen LogP contribution in [0.2, 0.25) is 0 Å². The van der Waals surface area contributed by atoms with Gasteiger partial charge in [-0.1, -0.05) is 0 Å². The molecule has 1 unspecified atom stereocenters. The molecule has 2 heterocycles. The maximum absolute atomic E-state index is 11.9. The molecule has 1 atom stereocenters. The predicted octanol–water partition coefficient (Wildman–Crippen LogP) is 0.240. The van der Waals surface area contributed by atoms with E-state index >= 15 is 0 Å². The highest BCUT2D eigenvalue weighted by Gasteiger charge is 2.23. The van der Waals surface area contributed by atoms with Crippen LogP contribution in [0.5, 0.6) is 0 Å². The third-order valence-corrected chi connectivity index (χ3v) is 3.28. The summed E-state index contributed by atoms with van der Waals surface area (Å²) in [4.78, 5) is 25.2. The van der Waals surface area contributed by atoms with Gasteiger partial charge in [0, 0.05) is 19.7 Å². The van der Waals surface area contributed by atoms with Crippen molar-refractivity contribution in [2.45, 2.75) is 12.8 Å². The van der Waals surface area contributed by atoms with Crippen LogP contribution in [0.15, 0.2) is 22.8 Å². The van der Waals surface area contributed by atoms with E-state index in [4.69, 9.17) is 9.52 Å². The molecule has 2 amide bonds. The molecule has 1 saturated heterocycles. The summed E-state index contributed by atoms with van der Waals surface area (Å²) in [6, 6.07) is 3.16. The number of hydrogen-bond acceptors (Lipinski definition) is 4. The molecule has 19 heavy (non-hydrogen) atoms. The topological polar surface area (TPSA) is 82.8 Å². The number of rotatable bonds is 4. The molecule has 1 aromatic rings. The number of aliphatic hydroxyl groups is 1. The van der Waals surface area contributed by atoms with Crippen molar-refractivity contribution in [3.05, 3.63) is 24.2 Å². The Bertz CT molecular complexity index is 430. The number of aliphatic hydroxyl groups excluding tert-OH is 1. The Morgan fingerprint density at radius 3 is 3.05 bits per heavy atom. The van der Waals surface area contributed by atoms with Gasteiger partial charge in [0.2, 0.25) is 5.91 Å². The molecule has 0 radical (unpaired) electrons. The first kappa shape index (κ1) is 13.6. The molecule has 1 aliphatic rings. The third kappa shape index (κ3) is 3.57. The minimum Gasteiger partial charge on any atom is -0.459 e. The Balaban J connectivity index is 1.79. The summed E-state index contributed by atoms with van der Waals surface area (Å²) in [7, 11) is 0. The summed E-state index contributed by atoms with van der Waals surface area (Å²) in [5.41, 5.74) is 0. The Morgan fingerprint density at radius 2 is 2.37 bits per heavy atom. The van der Waals surface area contributed by atoms with Crippen molar-refractivity contribution in [1.82, 2.24) is 10.2 Å². The quantitative estimate of drug-likeness (QED) is 0.818. The van der Waals surface area contributed by atoms with Crippen LogP contribution in [-0.4, -0.2) is 48.1 Å². The minimum absolute atomic E-state index is 0.0440. The van der Waals surface area contributed by atoms with Crippen molar-refractivity contribution < 1.29 is 19.1 Å². The van der Waals surface area contributed by atoms with E-state index in [0.717, 1.165) is 12.8 Å². The van der Waals surface area contributed by atoms with E-state index in [1.165, 1.54) is 6.26 Å². The molecule has 6 nitrogen and oxygen atoms in total. The lowest BCUT2D eigenvalue weighted by Gasteiger charge is -2.31. The second kappa shape index (κ2) is 6.38. The summed E-state index contributed by atoms with van der Waals surface area (Å²) in [6.45, 7) is 1.30. The summed E-state index contributed by atoms with van der Waals surface area (Å²) in [5.74, 6) is -0.176. The molecular weight excluding hydrogens is 248 g/mol. The van der Waals surface area contributed by atoms with Crippen LogP contribution in [0, 0.1) is 5.92 Å². The first-order valence-corrected chi connectivity index (χ1v) is 6.41. The van der Waals surface area contributed by atoms with Gasteiger partial charge in [0.05, 0.1) is 12.8 Å². The monoisotopic (exact) mass is 266 g/mol. The van der Waals surface area contributed by atoms with Crippen molar-refractivity contribution in [3.63, 3.8) is 0 Å². The number of carbonyl (C=O) groups excluding carboxylic acids is 2. The first-order valence-electron chi connectivity index (χ1n) is 6.41. The first-order chi connectivity index (χ1) is 9.20. The SMILES string of the molecule is O=C(NCC(=O)N1CCCC(CO)C1)c1ccco1. The van der Waals surface area contributed by atoms with Gasteiger partial charge in [-0.05, 0) is 30.9 Å². The average molecular weight is 266 g/mol. The second-order valence-corrected chi connectivity index (χ2v) is 4.69. The Labute approximate surface area is 111 Å². The maximum Gasteiger partial charge on any atom is 0.287 e. The number of likely N-dealkylation sites (tertiary alicyclic amines) is 1. The molecule has 0 bridgehead atoms. The van der Waals surface area contributed by atoms with Gasteiger partial charge in [-0.2, -0.15) is 0 Å². The lowest BCUT2D eigenvalue weighted by Crippen LogP contribution is -2.45. The number of carbonyl (C=O) groups is 2. The Kier molecular flexibility index (Phi) is 4.57. The molecule has 104 valence electrons. The highest BCUT2D eigenvalue weighted by Crippen LogP contribution is 2.15. The lowest BCUT2D eigenvalue weighted by atomic mass is 9.99. The molecule has 0 aromatic carbocycles. The molecule has 0 spiro atoms. The summed E-state index contributed by atoms with van der Waals surface area (Å²) < 4.78 is 4.94. The van der Waals surface area contributed by atoms with E-state index in [1.54, 1.807) is 17.0 Å². The normalized spacial score (nSPS) is 19.2. The average Bonchev–Trinajstić information content (AvgIpc) is 2.98. The smallest absolute Gasteiger partial charge is 0.287 e. The molecular formula is C13H18N2O4. The van der Waals surface area contributed by atoms with Gasteiger partial charge in [0.25, 0.3) is 5.91 Å². The van der Waals surface area contributed by atoms with Crippen LogP contribution >= 0.6 is 0 Å². The highest BCUT2D eigenvalue weighted by molar-refractivity contribution is 5.94. The fourth-order valence-corrected chi connectivity index (χ4v) is 2.20. The van der Waals surface area contributed by atoms with Crippen LogP contribution in [0.25, 0.3) is 0 Å². The van der Waals surface area contributed by atoms with E-state index in [9.17, 15) is 9.59 Å². The zero-order valence-electron chi connectivity index (χ0n) is 10.7. The summed E-state index contributed by atoms with van der Waals surface area (Å²) in [5, 5.41) is 11.6. The van der Waals surface area contributed by atoms with E-state index in [-0.39, 0.29) is 30.7 Å². The fraction of sp³-hybridized carbons (Fsp3) is 0.538. The molecule has 6 heteroatoms. The van der Waals surface area contributed by atoms with E-state index < -0.39 is 5.91 Å². The van der Waals surface area contributed by atoms with Crippen molar-refractivity contribution in [2.75, 3.05) is 26.2 Å². The third-order valence-electron chi connectivity index (χ3n) is 3.28. The highest BCUT2D eigenvalue weighted by atomic mass is 16.3. The van der Waals surface area contributed by atoms with Crippen LogP contribution in [0.1, 0.15) is 23.4 Å². The van der Waals surface area contributed by atoms with Crippen molar-refractivity contribution in [2.24, 2.45) is 5.92 Å². The number of amides is 2. The number of piperidine rings is 1. The molecule has 1 aliphatic heterocycles. The van der Waals surface area contributed by atoms with Gasteiger partial charge in [-0.25, -0.2) is 0 Å². The van der Waals surface area contributed by atoms with Crippen LogP contribution < -0.4 is 5.32 Å². The number of furan rings is 1. The maximum atomic E-state index is 11.9. The molecule has 2 N–H and O–H groups in total. The Hall–Kier alpha value is -1.82. The molecule has 0 saturated carbocycles. The molecule has 1 aromatic heterocycles. The summed E-state index contributed by atoms with van der Waals surface area (Å²) >= 11 is 0. The van der Waals surface area contributed by atoms with E-state index in [1.807, 2.05) is 0 Å². The zero-order valence-corrected chi connectivity index (χ0v) is 10.7. The van der Waals surface area contributed by atoms with Gasteiger partial charge in [-0.15, -0.1) is 0 Å². The van der Waals surface area contributed by atoms with Crippen molar-refractivity contribution >= 4 is 11.8 Å². The fourth-order valence-electron chi connectivity index (χ4n) is 2.20. The van der Waals surface area contributed by atoms with Gasteiger partial charge < -0.3 is 19.7 Å². The van der Waals surface area contributed by atoms with Gasteiger partial charge >= 0.3 is 0 Å².